The van der Waals surface area contributed by atoms with Gasteiger partial charge in [-0.3, -0.25) is 4.79 Å². The van der Waals surface area contributed by atoms with Crippen LogP contribution in [-0.4, -0.2) is 37.0 Å². The Morgan fingerprint density at radius 3 is 3.00 bits per heavy atom. The van der Waals surface area contributed by atoms with Crippen LogP contribution in [0.5, 0.6) is 0 Å². The molecule has 0 bridgehead atoms. The third-order valence-electron chi connectivity index (χ3n) is 4.22. The number of nitrogens with one attached hydrogen (secondary N) is 1. The molecule has 2 aliphatic heterocycles. The van der Waals surface area contributed by atoms with Crippen LogP contribution in [0.4, 0.5) is 0 Å². The smallest absolute Gasteiger partial charge is 0.255 e. The highest BCUT2D eigenvalue weighted by Crippen LogP contribution is 2.37. The summed E-state index contributed by atoms with van der Waals surface area (Å²) >= 11 is 9.53. The number of carbonyl (C=O) groups is 1. The van der Waals surface area contributed by atoms with Gasteiger partial charge in [-0.15, -0.1) is 0 Å². The molecule has 1 aromatic rings. The van der Waals surface area contributed by atoms with Gasteiger partial charge in [-0.1, -0.05) is 27.5 Å². The van der Waals surface area contributed by atoms with Gasteiger partial charge in [-0.2, -0.15) is 0 Å². The number of halogens is 2. The number of hydrogen-bond donors (Lipinski definition) is 1. The van der Waals surface area contributed by atoms with E-state index in [2.05, 4.69) is 21.2 Å². The lowest BCUT2D eigenvalue weighted by atomic mass is 9.86. The van der Waals surface area contributed by atoms with Crippen molar-refractivity contribution in [1.82, 2.24) is 10.2 Å². The third kappa shape index (κ3) is 2.54. The molecule has 1 spiro atoms. The van der Waals surface area contributed by atoms with E-state index >= 15 is 0 Å². The minimum absolute atomic E-state index is 0.0510. The van der Waals surface area contributed by atoms with E-state index in [1.807, 2.05) is 17.0 Å². The number of benzene rings is 1. The predicted molar refractivity (Wildman–Crippen MR) is 79.6 cm³/mol. The summed E-state index contributed by atoms with van der Waals surface area (Å²) in [4.78, 5) is 14.5. The Hall–Kier alpha value is -0.580. The zero-order chi connectivity index (χ0) is 13.5. The van der Waals surface area contributed by atoms with Crippen molar-refractivity contribution in [1.29, 1.82) is 0 Å². The zero-order valence-electron chi connectivity index (χ0n) is 10.6. The fourth-order valence-corrected chi connectivity index (χ4v) is 3.64. The predicted octanol–water partition coefficient (Wildman–Crippen LogP) is 2.93. The molecule has 1 unspecified atom stereocenters. The van der Waals surface area contributed by atoms with Crippen molar-refractivity contribution < 1.29 is 4.79 Å². The summed E-state index contributed by atoms with van der Waals surface area (Å²) in [6.07, 6.45) is 2.26. The van der Waals surface area contributed by atoms with Gasteiger partial charge >= 0.3 is 0 Å². The fraction of sp³-hybridized carbons (Fsp3) is 0.500. The molecule has 0 aromatic heterocycles. The van der Waals surface area contributed by atoms with Gasteiger partial charge in [0.2, 0.25) is 0 Å². The average molecular weight is 344 g/mol. The van der Waals surface area contributed by atoms with Gasteiger partial charge in [0.15, 0.2) is 0 Å². The summed E-state index contributed by atoms with van der Waals surface area (Å²) in [6.45, 7) is 3.79. The highest BCUT2D eigenvalue weighted by Gasteiger charge is 2.42. The van der Waals surface area contributed by atoms with Crippen molar-refractivity contribution in [2.24, 2.45) is 5.41 Å². The number of amides is 1. The van der Waals surface area contributed by atoms with E-state index in [4.69, 9.17) is 11.6 Å². The molecule has 2 heterocycles. The molecule has 19 heavy (non-hydrogen) atoms. The summed E-state index contributed by atoms with van der Waals surface area (Å²) < 4.78 is 0.886. The van der Waals surface area contributed by atoms with Crippen LogP contribution in [0.2, 0.25) is 5.02 Å². The zero-order valence-corrected chi connectivity index (χ0v) is 12.9. The number of hydrogen-bond acceptors (Lipinski definition) is 2. The van der Waals surface area contributed by atoms with E-state index < -0.39 is 0 Å². The van der Waals surface area contributed by atoms with E-state index in [-0.39, 0.29) is 5.91 Å². The molecule has 2 saturated heterocycles. The lowest BCUT2D eigenvalue weighted by molar-refractivity contribution is 0.0776. The summed E-state index contributed by atoms with van der Waals surface area (Å²) in [5.74, 6) is 0.0510. The Kier molecular flexibility index (Phi) is 3.58. The first-order chi connectivity index (χ1) is 9.10. The lowest BCUT2D eigenvalue weighted by Gasteiger charge is -2.23. The van der Waals surface area contributed by atoms with Crippen LogP contribution in [0.25, 0.3) is 0 Å². The molecule has 1 N–H and O–H groups in total. The molecule has 3 nitrogen and oxygen atoms in total. The van der Waals surface area contributed by atoms with Gasteiger partial charge in [0.25, 0.3) is 5.91 Å². The van der Waals surface area contributed by atoms with Crippen LogP contribution >= 0.6 is 27.5 Å². The topological polar surface area (TPSA) is 32.3 Å². The Morgan fingerprint density at radius 1 is 1.42 bits per heavy atom. The van der Waals surface area contributed by atoms with Crippen LogP contribution in [-0.2, 0) is 0 Å². The Morgan fingerprint density at radius 2 is 2.26 bits per heavy atom. The number of likely N-dealkylation sites (tertiary alicyclic amines) is 1. The van der Waals surface area contributed by atoms with Crippen LogP contribution in [0.1, 0.15) is 23.2 Å². The maximum absolute atomic E-state index is 12.6. The SMILES string of the molecule is O=C(c1cc(Br)ccc1Cl)N1CCC2(CCNC2)C1. The Labute approximate surface area is 126 Å². The first-order valence-corrected chi connectivity index (χ1v) is 7.72. The van der Waals surface area contributed by atoms with Gasteiger partial charge in [-0.25, -0.2) is 0 Å². The molecule has 3 rings (SSSR count). The van der Waals surface area contributed by atoms with Gasteiger partial charge in [-0.05, 0) is 37.6 Å². The van der Waals surface area contributed by atoms with E-state index in [1.54, 1.807) is 6.07 Å². The molecule has 102 valence electrons. The maximum Gasteiger partial charge on any atom is 0.255 e. The Balaban J connectivity index is 1.79. The molecule has 1 atom stereocenters. The summed E-state index contributed by atoms with van der Waals surface area (Å²) in [5.41, 5.74) is 0.896. The summed E-state index contributed by atoms with van der Waals surface area (Å²) in [5, 5.41) is 3.93. The minimum atomic E-state index is 0.0510. The second-order valence-corrected chi connectivity index (χ2v) is 6.85. The van der Waals surface area contributed by atoms with Crippen molar-refractivity contribution in [3.05, 3.63) is 33.3 Å². The quantitative estimate of drug-likeness (QED) is 0.850. The number of rotatable bonds is 1. The van der Waals surface area contributed by atoms with Crippen LogP contribution in [0.3, 0.4) is 0 Å². The second kappa shape index (κ2) is 5.08. The highest BCUT2D eigenvalue weighted by molar-refractivity contribution is 9.10. The second-order valence-electron chi connectivity index (χ2n) is 5.53. The van der Waals surface area contributed by atoms with Crippen LogP contribution in [0.15, 0.2) is 22.7 Å². The van der Waals surface area contributed by atoms with Gasteiger partial charge in [0.05, 0.1) is 10.6 Å². The minimum Gasteiger partial charge on any atom is -0.338 e. The molecular weight excluding hydrogens is 328 g/mol. The van der Waals surface area contributed by atoms with Gasteiger partial charge in [0, 0.05) is 29.5 Å². The number of nitrogens with zero attached hydrogens (tertiary/aromatic N) is 1. The molecular formula is C14H16BrClN2O. The van der Waals surface area contributed by atoms with Crippen molar-refractivity contribution in [3.8, 4) is 0 Å². The first kappa shape index (κ1) is 13.4. The monoisotopic (exact) mass is 342 g/mol. The Bertz CT molecular complexity index is 514. The highest BCUT2D eigenvalue weighted by atomic mass is 79.9. The van der Waals surface area contributed by atoms with Crippen molar-refractivity contribution in [2.45, 2.75) is 12.8 Å². The molecule has 2 fully saturated rings. The molecule has 5 heteroatoms. The maximum atomic E-state index is 12.6. The first-order valence-electron chi connectivity index (χ1n) is 6.55. The molecule has 0 aliphatic carbocycles. The van der Waals surface area contributed by atoms with Gasteiger partial charge < -0.3 is 10.2 Å². The van der Waals surface area contributed by atoms with Crippen molar-refractivity contribution in [3.63, 3.8) is 0 Å². The van der Waals surface area contributed by atoms with Crippen LogP contribution < -0.4 is 5.32 Å². The van der Waals surface area contributed by atoms with Crippen molar-refractivity contribution >= 4 is 33.4 Å². The molecule has 1 aromatic carbocycles. The summed E-state index contributed by atoms with van der Waals surface area (Å²) in [6, 6.07) is 5.43. The standard InChI is InChI=1S/C14H16BrClN2O/c15-10-1-2-12(16)11(7-10)13(19)18-6-4-14(9-18)3-5-17-8-14/h1-2,7,17H,3-6,8-9H2. The van der Waals surface area contributed by atoms with Crippen LogP contribution in [0, 0.1) is 5.41 Å². The third-order valence-corrected chi connectivity index (χ3v) is 5.04. The molecule has 0 saturated carbocycles. The normalized spacial score (nSPS) is 26.3. The molecule has 1 amide bonds. The fourth-order valence-electron chi connectivity index (χ4n) is 3.08. The van der Waals surface area contributed by atoms with E-state index in [0.717, 1.165) is 37.1 Å². The lowest BCUT2D eigenvalue weighted by Crippen LogP contribution is -2.33. The molecule has 0 radical (unpaired) electrons. The van der Waals surface area contributed by atoms with E-state index in [9.17, 15) is 4.79 Å². The van der Waals surface area contributed by atoms with Gasteiger partial charge in [0.1, 0.15) is 0 Å². The largest absolute Gasteiger partial charge is 0.338 e. The average Bonchev–Trinajstić information content (AvgIpc) is 3.03. The van der Waals surface area contributed by atoms with E-state index in [0.29, 0.717) is 16.0 Å². The van der Waals surface area contributed by atoms with Crippen molar-refractivity contribution in [2.75, 3.05) is 26.2 Å². The number of carbonyl (C=O) groups excluding carboxylic acids is 1. The molecule has 2 aliphatic rings. The summed E-state index contributed by atoms with van der Waals surface area (Å²) in [7, 11) is 0. The van der Waals surface area contributed by atoms with E-state index in [1.165, 1.54) is 6.42 Å².